The third-order valence-corrected chi connectivity index (χ3v) is 5.27. The summed E-state index contributed by atoms with van der Waals surface area (Å²) in [5.41, 5.74) is 6.77. The molecule has 0 fully saturated rings. The Kier molecular flexibility index (Phi) is 5.90. The van der Waals surface area contributed by atoms with E-state index in [4.69, 9.17) is 18.0 Å². The van der Waals surface area contributed by atoms with E-state index in [0.717, 1.165) is 14.9 Å². The first kappa shape index (κ1) is 16.1. The Labute approximate surface area is 141 Å². The smallest absolute Gasteiger partial charge is 0.230 e. The van der Waals surface area contributed by atoms with E-state index in [1.165, 1.54) is 0 Å². The van der Waals surface area contributed by atoms with Crippen molar-refractivity contribution < 1.29 is 4.79 Å². The zero-order valence-corrected chi connectivity index (χ0v) is 14.4. The van der Waals surface area contributed by atoms with Crippen molar-refractivity contribution in [2.45, 2.75) is 13.0 Å². The van der Waals surface area contributed by atoms with Crippen molar-refractivity contribution in [3.63, 3.8) is 0 Å². The van der Waals surface area contributed by atoms with E-state index < -0.39 is 5.92 Å². The van der Waals surface area contributed by atoms with E-state index in [-0.39, 0.29) is 10.9 Å². The Bertz CT molecular complexity index is 628. The molecule has 1 atom stereocenters. The highest BCUT2D eigenvalue weighted by Gasteiger charge is 2.21. The number of hydrogen-bond acceptors (Lipinski definition) is 3. The van der Waals surface area contributed by atoms with Gasteiger partial charge in [0, 0.05) is 9.35 Å². The van der Waals surface area contributed by atoms with Crippen LogP contribution in [0.2, 0.25) is 0 Å². The third-order valence-electron chi connectivity index (χ3n) is 3.06. The summed E-state index contributed by atoms with van der Waals surface area (Å²) in [4.78, 5) is 13.6. The second-order valence-corrected chi connectivity index (χ2v) is 6.88. The van der Waals surface area contributed by atoms with Gasteiger partial charge in [-0.1, -0.05) is 42.5 Å². The van der Waals surface area contributed by atoms with Crippen LogP contribution in [0.3, 0.4) is 0 Å². The lowest BCUT2D eigenvalue weighted by Gasteiger charge is -2.15. The summed E-state index contributed by atoms with van der Waals surface area (Å²) in [5, 5.41) is 4.87. The van der Waals surface area contributed by atoms with Gasteiger partial charge in [-0.15, -0.1) is 11.3 Å². The minimum absolute atomic E-state index is 0.133. The van der Waals surface area contributed by atoms with E-state index in [0.29, 0.717) is 13.0 Å². The third kappa shape index (κ3) is 4.62. The van der Waals surface area contributed by atoms with Gasteiger partial charge in [-0.3, -0.25) is 4.79 Å². The molecule has 0 saturated carbocycles. The number of thiophene rings is 1. The van der Waals surface area contributed by atoms with Crippen molar-refractivity contribution in [3.8, 4) is 0 Å². The fraction of sp³-hybridized carbons (Fsp3) is 0.200. The average Bonchev–Trinajstić information content (AvgIpc) is 2.88. The average molecular weight is 383 g/mol. The van der Waals surface area contributed by atoms with E-state index in [9.17, 15) is 4.79 Å². The first-order valence-corrected chi connectivity index (χ1v) is 8.49. The number of thiocarbonyl (C=S) groups is 1. The van der Waals surface area contributed by atoms with Gasteiger partial charge < -0.3 is 11.1 Å². The number of nitrogens with one attached hydrogen (secondary N) is 1. The molecule has 2 rings (SSSR count). The predicted octanol–water partition coefficient (Wildman–Crippen LogP) is 3.27. The fourth-order valence-corrected chi connectivity index (χ4v) is 3.54. The summed E-state index contributed by atoms with van der Waals surface area (Å²) in [7, 11) is 0. The first-order valence-electron chi connectivity index (χ1n) is 6.40. The van der Waals surface area contributed by atoms with Gasteiger partial charge in [-0.05, 0) is 39.4 Å². The molecule has 1 unspecified atom stereocenters. The van der Waals surface area contributed by atoms with Crippen LogP contribution in [0.15, 0.2) is 46.3 Å². The molecule has 1 aromatic carbocycles. The molecule has 21 heavy (non-hydrogen) atoms. The van der Waals surface area contributed by atoms with Gasteiger partial charge in [-0.25, -0.2) is 0 Å². The van der Waals surface area contributed by atoms with Crippen LogP contribution in [0.4, 0.5) is 0 Å². The molecular formula is C15H15BrN2OS2. The highest BCUT2D eigenvalue weighted by atomic mass is 79.9. The van der Waals surface area contributed by atoms with Crippen LogP contribution in [0.1, 0.15) is 10.4 Å². The largest absolute Gasteiger partial charge is 0.393 e. The summed E-state index contributed by atoms with van der Waals surface area (Å²) in [5.74, 6) is -0.618. The Balaban J connectivity index is 1.99. The van der Waals surface area contributed by atoms with E-state index in [1.807, 2.05) is 41.8 Å². The van der Waals surface area contributed by atoms with Crippen LogP contribution in [0, 0.1) is 5.92 Å². The predicted molar refractivity (Wildman–Crippen MR) is 94.3 cm³/mol. The molecule has 0 spiro atoms. The van der Waals surface area contributed by atoms with Crippen molar-refractivity contribution in [2.75, 3.05) is 0 Å². The summed E-state index contributed by atoms with van der Waals surface area (Å²) in [6.07, 6.45) is 0.521. The van der Waals surface area contributed by atoms with Crippen molar-refractivity contribution in [1.29, 1.82) is 0 Å². The molecule has 3 N–H and O–H groups in total. The van der Waals surface area contributed by atoms with Gasteiger partial charge in [0.25, 0.3) is 0 Å². The molecule has 1 aromatic heterocycles. The Morgan fingerprint density at radius 1 is 1.33 bits per heavy atom. The number of amides is 1. The van der Waals surface area contributed by atoms with Crippen LogP contribution in [0.5, 0.6) is 0 Å². The molecule has 1 heterocycles. The number of hydrogen-bond donors (Lipinski definition) is 2. The first-order chi connectivity index (χ1) is 10.1. The molecule has 0 bridgehead atoms. The molecule has 1 amide bonds. The second-order valence-electron chi connectivity index (χ2n) is 4.55. The minimum Gasteiger partial charge on any atom is -0.393 e. The van der Waals surface area contributed by atoms with Crippen molar-refractivity contribution in [2.24, 2.45) is 11.7 Å². The summed E-state index contributed by atoms with van der Waals surface area (Å²) in [6, 6.07) is 11.7. The van der Waals surface area contributed by atoms with Gasteiger partial charge in [-0.2, -0.15) is 0 Å². The normalized spacial score (nSPS) is 11.9. The number of carbonyl (C=O) groups excluding carboxylic acids is 1. The Morgan fingerprint density at radius 2 is 2.05 bits per heavy atom. The molecule has 6 heteroatoms. The second kappa shape index (κ2) is 7.68. The van der Waals surface area contributed by atoms with E-state index in [2.05, 4.69) is 21.2 Å². The molecular weight excluding hydrogens is 368 g/mol. The maximum Gasteiger partial charge on any atom is 0.230 e. The molecule has 2 aromatic rings. The van der Waals surface area contributed by atoms with Gasteiger partial charge in [0.05, 0.1) is 17.5 Å². The van der Waals surface area contributed by atoms with Crippen LogP contribution in [-0.4, -0.2) is 10.9 Å². The SMILES string of the molecule is NC(=S)C(Cc1ccccc1)C(=O)NCc1sccc1Br. The molecule has 0 aliphatic carbocycles. The van der Waals surface area contributed by atoms with Crippen LogP contribution < -0.4 is 11.1 Å². The number of carbonyl (C=O) groups is 1. The summed E-state index contributed by atoms with van der Waals surface area (Å²) in [6.45, 7) is 0.477. The maximum absolute atomic E-state index is 12.3. The van der Waals surface area contributed by atoms with E-state index in [1.54, 1.807) is 11.3 Å². The molecule has 110 valence electrons. The van der Waals surface area contributed by atoms with Crippen molar-refractivity contribution in [1.82, 2.24) is 5.32 Å². The van der Waals surface area contributed by atoms with Crippen LogP contribution in [-0.2, 0) is 17.8 Å². The van der Waals surface area contributed by atoms with Crippen molar-refractivity contribution in [3.05, 3.63) is 56.7 Å². The lowest BCUT2D eigenvalue weighted by atomic mass is 9.98. The topological polar surface area (TPSA) is 55.1 Å². The fourth-order valence-electron chi connectivity index (χ4n) is 1.91. The van der Waals surface area contributed by atoms with Gasteiger partial charge in [0.15, 0.2) is 0 Å². The maximum atomic E-state index is 12.3. The molecule has 0 aliphatic rings. The van der Waals surface area contributed by atoms with Crippen molar-refractivity contribution >= 4 is 50.4 Å². The molecule has 3 nitrogen and oxygen atoms in total. The van der Waals surface area contributed by atoms with Crippen LogP contribution >= 0.6 is 39.5 Å². The van der Waals surface area contributed by atoms with Gasteiger partial charge in [0.1, 0.15) is 0 Å². The lowest BCUT2D eigenvalue weighted by Crippen LogP contribution is -2.38. The summed E-state index contributed by atoms with van der Waals surface area (Å²) < 4.78 is 1.00. The van der Waals surface area contributed by atoms with Gasteiger partial charge in [0.2, 0.25) is 5.91 Å². The number of benzene rings is 1. The van der Waals surface area contributed by atoms with Gasteiger partial charge >= 0.3 is 0 Å². The monoisotopic (exact) mass is 382 g/mol. The van der Waals surface area contributed by atoms with E-state index >= 15 is 0 Å². The van der Waals surface area contributed by atoms with Crippen LogP contribution in [0.25, 0.3) is 0 Å². The molecule has 0 aliphatic heterocycles. The Hall–Kier alpha value is -1.24. The lowest BCUT2D eigenvalue weighted by molar-refractivity contribution is -0.123. The molecule has 0 radical (unpaired) electrons. The number of nitrogens with two attached hydrogens (primary N) is 1. The molecule has 0 saturated heterocycles. The highest BCUT2D eigenvalue weighted by Crippen LogP contribution is 2.22. The number of halogens is 1. The Morgan fingerprint density at radius 3 is 2.62 bits per heavy atom. The quantitative estimate of drug-likeness (QED) is 0.753. The highest BCUT2D eigenvalue weighted by molar-refractivity contribution is 9.10. The minimum atomic E-state index is -0.485. The zero-order chi connectivity index (χ0) is 15.2. The zero-order valence-electron chi connectivity index (χ0n) is 11.2. The number of rotatable bonds is 6. The standard InChI is InChI=1S/C15H15BrN2OS2/c16-12-6-7-21-13(12)9-18-15(19)11(14(17)20)8-10-4-2-1-3-5-10/h1-7,11H,8-9H2,(H2,17,20)(H,18,19). The summed E-state index contributed by atoms with van der Waals surface area (Å²) >= 11 is 10.1.